The molecule has 0 radical (unpaired) electrons. The molecule has 0 aliphatic heterocycles. The van der Waals surface area contributed by atoms with Gasteiger partial charge in [-0.15, -0.1) is 0 Å². The maximum atomic E-state index is 12.8. The van der Waals surface area contributed by atoms with E-state index in [1.807, 2.05) is 45.0 Å². The van der Waals surface area contributed by atoms with Crippen LogP contribution in [0.2, 0.25) is 0 Å². The third kappa shape index (κ3) is 4.51. The molecule has 1 aromatic heterocycles. The van der Waals surface area contributed by atoms with Crippen molar-refractivity contribution in [2.75, 3.05) is 10.0 Å². The van der Waals surface area contributed by atoms with Gasteiger partial charge in [-0.25, -0.2) is 13.4 Å². The van der Waals surface area contributed by atoms with E-state index in [1.54, 1.807) is 12.1 Å². The summed E-state index contributed by atoms with van der Waals surface area (Å²) in [6.45, 7) is 8.30. The maximum absolute atomic E-state index is 12.8. The highest BCUT2D eigenvalue weighted by molar-refractivity contribution is 7.92. The lowest BCUT2D eigenvalue weighted by Gasteiger charge is -2.14. The topological polar surface area (TPSA) is 71.1 Å². The molecule has 2 N–H and O–H groups in total. The molecular formula is C22H25N3O2S. The monoisotopic (exact) mass is 395 g/mol. The predicted molar refractivity (Wildman–Crippen MR) is 114 cm³/mol. The van der Waals surface area contributed by atoms with E-state index in [9.17, 15) is 8.42 Å². The van der Waals surface area contributed by atoms with Crippen molar-refractivity contribution in [3.63, 3.8) is 0 Å². The number of nitrogens with one attached hydrogen (secondary N) is 2. The lowest BCUT2D eigenvalue weighted by molar-refractivity contribution is 0.600. The Morgan fingerprint density at radius 3 is 2.18 bits per heavy atom. The van der Waals surface area contributed by atoms with Gasteiger partial charge < -0.3 is 5.32 Å². The molecule has 2 aromatic carbocycles. The van der Waals surface area contributed by atoms with Crippen LogP contribution in [-0.2, 0) is 16.6 Å². The highest BCUT2D eigenvalue weighted by Crippen LogP contribution is 2.24. The molecule has 0 saturated carbocycles. The summed E-state index contributed by atoms with van der Waals surface area (Å²) in [5, 5.41) is 3.26. The standard InChI is InChI=1S/C22H25N3O2S/c1-15-11-17(3)22(18(4)12-15)28(26,27)25-20-9-10-21(24-14-20)23-13-19-8-6-5-7-16(19)2/h5-12,14,25H,13H2,1-4H3,(H,23,24). The lowest BCUT2D eigenvalue weighted by atomic mass is 10.1. The van der Waals surface area contributed by atoms with Gasteiger partial charge in [0.15, 0.2) is 0 Å². The number of rotatable bonds is 6. The van der Waals surface area contributed by atoms with Crippen molar-refractivity contribution in [2.45, 2.75) is 39.1 Å². The van der Waals surface area contributed by atoms with Gasteiger partial charge in [-0.05, 0) is 62.1 Å². The summed E-state index contributed by atoms with van der Waals surface area (Å²) >= 11 is 0. The van der Waals surface area contributed by atoms with Crippen LogP contribution in [-0.4, -0.2) is 13.4 Å². The molecule has 0 fully saturated rings. The van der Waals surface area contributed by atoms with Gasteiger partial charge in [0.2, 0.25) is 0 Å². The molecule has 0 unspecified atom stereocenters. The molecule has 3 aromatic rings. The lowest BCUT2D eigenvalue weighted by Crippen LogP contribution is -2.16. The Morgan fingerprint density at radius 1 is 0.893 bits per heavy atom. The zero-order chi connectivity index (χ0) is 20.3. The Bertz CT molecular complexity index is 1070. The van der Waals surface area contributed by atoms with E-state index in [0.29, 0.717) is 22.9 Å². The normalized spacial score (nSPS) is 11.3. The molecular weight excluding hydrogens is 370 g/mol. The Hall–Kier alpha value is -2.86. The SMILES string of the molecule is Cc1cc(C)c(S(=O)(=O)Nc2ccc(NCc3ccccc3C)nc2)c(C)c1. The number of nitrogens with zero attached hydrogens (tertiary/aromatic N) is 1. The number of aromatic nitrogens is 1. The Morgan fingerprint density at radius 2 is 1.57 bits per heavy atom. The van der Waals surface area contributed by atoms with E-state index in [4.69, 9.17) is 0 Å². The first-order valence-corrected chi connectivity index (χ1v) is 10.6. The highest BCUT2D eigenvalue weighted by Gasteiger charge is 2.20. The van der Waals surface area contributed by atoms with Crippen LogP contribution in [0, 0.1) is 27.7 Å². The number of hydrogen-bond acceptors (Lipinski definition) is 4. The molecule has 5 nitrogen and oxygen atoms in total. The third-order valence-electron chi connectivity index (χ3n) is 4.61. The molecule has 0 saturated heterocycles. The summed E-state index contributed by atoms with van der Waals surface area (Å²) in [4.78, 5) is 4.64. The molecule has 6 heteroatoms. The fourth-order valence-electron chi connectivity index (χ4n) is 3.35. The Kier molecular flexibility index (Phi) is 5.70. The van der Waals surface area contributed by atoms with Crippen molar-refractivity contribution in [1.82, 2.24) is 4.98 Å². The van der Waals surface area contributed by atoms with Gasteiger partial charge in [-0.1, -0.05) is 42.0 Å². The van der Waals surface area contributed by atoms with Crippen LogP contribution in [0.4, 0.5) is 11.5 Å². The summed E-state index contributed by atoms with van der Waals surface area (Å²) in [6, 6.07) is 15.4. The van der Waals surface area contributed by atoms with Gasteiger partial charge in [-0.2, -0.15) is 0 Å². The zero-order valence-corrected chi connectivity index (χ0v) is 17.4. The number of pyridine rings is 1. The number of aryl methyl sites for hydroxylation is 4. The van der Waals surface area contributed by atoms with E-state index in [1.165, 1.54) is 17.3 Å². The summed E-state index contributed by atoms with van der Waals surface area (Å²) in [6.07, 6.45) is 1.52. The van der Waals surface area contributed by atoms with E-state index in [0.717, 1.165) is 16.7 Å². The minimum absolute atomic E-state index is 0.319. The molecule has 3 rings (SSSR count). The molecule has 0 bridgehead atoms. The van der Waals surface area contributed by atoms with Gasteiger partial charge in [0.25, 0.3) is 10.0 Å². The van der Waals surface area contributed by atoms with E-state index < -0.39 is 10.0 Å². The molecule has 0 aliphatic rings. The second kappa shape index (κ2) is 8.02. The van der Waals surface area contributed by atoms with Crippen molar-refractivity contribution in [2.24, 2.45) is 0 Å². The first kappa shape index (κ1) is 19.9. The smallest absolute Gasteiger partial charge is 0.262 e. The second-order valence-electron chi connectivity index (χ2n) is 7.05. The Labute approximate surface area is 166 Å². The van der Waals surface area contributed by atoms with Gasteiger partial charge in [-0.3, -0.25) is 4.72 Å². The van der Waals surface area contributed by atoms with Crippen molar-refractivity contribution >= 4 is 21.5 Å². The van der Waals surface area contributed by atoms with E-state index in [2.05, 4.69) is 34.1 Å². The second-order valence-corrected chi connectivity index (χ2v) is 8.66. The first-order chi connectivity index (χ1) is 13.3. The van der Waals surface area contributed by atoms with Crippen LogP contribution in [0.1, 0.15) is 27.8 Å². The molecule has 28 heavy (non-hydrogen) atoms. The van der Waals surface area contributed by atoms with Crippen LogP contribution >= 0.6 is 0 Å². The summed E-state index contributed by atoms with van der Waals surface area (Å²) in [5.74, 6) is 0.689. The largest absolute Gasteiger partial charge is 0.366 e. The van der Waals surface area contributed by atoms with Gasteiger partial charge in [0.1, 0.15) is 5.82 Å². The average Bonchev–Trinajstić information content (AvgIpc) is 2.61. The maximum Gasteiger partial charge on any atom is 0.262 e. The summed E-state index contributed by atoms with van der Waals surface area (Å²) in [5.41, 5.74) is 5.34. The fraction of sp³-hybridized carbons (Fsp3) is 0.227. The molecule has 0 atom stereocenters. The molecule has 0 aliphatic carbocycles. The number of benzene rings is 2. The van der Waals surface area contributed by atoms with Crippen molar-refractivity contribution in [1.29, 1.82) is 0 Å². The quantitative estimate of drug-likeness (QED) is 0.633. The van der Waals surface area contributed by atoms with E-state index in [-0.39, 0.29) is 0 Å². The summed E-state index contributed by atoms with van der Waals surface area (Å²) in [7, 11) is -3.68. The first-order valence-electron chi connectivity index (χ1n) is 9.11. The molecule has 146 valence electrons. The molecule has 1 heterocycles. The molecule has 0 amide bonds. The van der Waals surface area contributed by atoms with Crippen molar-refractivity contribution in [3.05, 3.63) is 82.5 Å². The van der Waals surface area contributed by atoms with Crippen LogP contribution in [0.15, 0.2) is 59.6 Å². The van der Waals surface area contributed by atoms with Gasteiger partial charge in [0.05, 0.1) is 16.8 Å². The average molecular weight is 396 g/mol. The minimum Gasteiger partial charge on any atom is -0.366 e. The molecule has 0 spiro atoms. The zero-order valence-electron chi connectivity index (χ0n) is 16.6. The highest BCUT2D eigenvalue weighted by atomic mass is 32.2. The number of anilines is 2. The van der Waals surface area contributed by atoms with Gasteiger partial charge >= 0.3 is 0 Å². The third-order valence-corrected chi connectivity index (χ3v) is 6.30. The summed E-state index contributed by atoms with van der Waals surface area (Å²) < 4.78 is 28.3. The number of sulfonamides is 1. The van der Waals surface area contributed by atoms with Crippen molar-refractivity contribution in [3.8, 4) is 0 Å². The van der Waals surface area contributed by atoms with Crippen LogP contribution in [0.25, 0.3) is 0 Å². The van der Waals surface area contributed by atoms with Crippen LogP contribution in [0.5, 0.6) is 0 Å². The van der Waals surface area contributed by atoms with Crippen LogP contribution in [0.3, 0.4) is 0 Å². The predicted octanol–water partition coefficient (Wildman–Crippen LogP) is 4.73. The van der Waals surface area contributed by atoms with Crippen molar-refractivity contribution < 1.29 is 8.42 Å². The minimum atomic E-state index is -3.68. The van der Waals surface area contributed by atoms with E-state index >= 15 is 0 Å². The van der Waals surface area contributed by atoms with Crippen LogP contribution < -0.4 is 10.0 Å². The number of hydrogen-bond donors (Lipinski definition) is 2. The Balaban J connectivity index is 1.73. The van der Waals surface area contributed by atoms with Gasteiger partial charge in [0, 0.05) is 6.54 Å². The fourth-order valence-corrected chi connectivity index (χ4v) is 4.85.